The molecule has 1 fully saturated rings. The molecule has 1 aliphatic heterocycles. The summed E-state index contributed by atoms with van der Waals surface area (Å²) >= 11 is 5.85. The molecule has 2 rings (SSSR count). The number of ether oxygens (including phenoxy) is 1. The highest BCUT2D eigenvalue weighted by atomic mass is 35.5. The topological polar surface area (TPSA) is 32.7 Å². The predicted octanol–water partition coefficient (Wildman–Crippen LogP) is 2.48. The smallest absolute Gasteiger partial charge is 0.0917 e. The summed E-state index contributed by atoms with van der Waals surface area (Å²) < 4.78 is 5.49. The van der Waals surface area contributed by atoms with E-state index in [1.807, 2.05) is 24.3 Å². The molecule has 3 nitrogen and oxygen atoms in total. The first-order valence-electron chi connectivity index (χ1n) is 6.35. The quantitative estimate of drug-likeness (QED) is 0.915. The van der Waals surface area contributed by atoms with Crippen molar-refractivity contribution in [3.05, 3.63) is 34.9 Å². The lowest BCUT2D eigenvalue weighted by atomic mass is 10.1. The van der Waals surface area contributed by atoms with Gasteiger partial charge in [-0.15, -0.1) is 0 Å². The Labute approximate surface area is 113 Å². The molecule has 1 aromatic rings. The van der Waals surface area contributed by atoms with Gasteiger partial charge in [-0.3, -0.25) is 4.90 Å². The first-order chi connectivity index (χ1) is 8.58. The molecule has 1 aliphatic rings. The van der Waals surface area contributed by atoms with Gasteiger partial charge in [0.2, 0.25) is 0 Å². The van der Waals surface area contributed by atoms with Crippen LogP contribution >= 0.6 is 11.6 Å². The first-order valence-corrected chi connectivity index (χ1v) is 6.72. The minimum atomic E-state index is -0.481. The number of morpholine rings is 1. The SMILES string of the molecule is CC1COCC(C)N1CC(O)c1ccc(Cl)cc1. The lowest BCUT2D eigenvalue weighted by molar-refractivity contribution is -0.0537. The van der Waals surface area contributed by atoms with Crippen LogP contribution in [0.15, 0.2) is 24.3 Å². The monoisotopic (exact) mass is 269 g/mol. The Balaban J connectivity index is 2.01. The number of hydrogen-bond acceptors (Lipinski definition) is 3. The van der Waals surface area contributed by atoms with Gasteiger partial charge in [0.05, 0.1) is 19.3 Å². The maximum atomic E-state index is 10.3. The van der Waals surface area contributed by atoms with E-state index < -0.39 is 6.10 Å². The van der Waals surface area contributed by atoms with Crippen molar-refractivity contribution < 1.29 is 9.84 Å². The standard InChI is InChI=1S/C14H20ClNO2/c1-10-8-18-9-11(2)16(10)7-14(17)12-3-5-13(15)6-4-12/h3-6,10-11,14,17H,7-9H2,1-2H3. The predicted molar refractivity (Wildman–Crippen MR) is 72.9 cm³/mol. The van der Waals surface area contributed by atoms with E-state index in [0.717, 1.165) is 18.8 Å². The van der Waals surface area contributed by atoms with Crippen LogP contribution in [0.1, 0.15) is 25.5 Å². The van der Waals surface area contributed by atoms with Gasteiger partial charge in [-0.05, 0) is 31.5 Å². The van der Waals surface area contributed by atoms with Crippen molar-refractivity contribution in [1.29, 1.82) is 0 Å². The molecule has 0 aliphatic carbocycles. The molecule has 1 N–H and O–H groups in total. The van der Waals surface area contributed by atoms with E-state index in [4.69, 9.17) is 16.3 Å². The Morgan fingerprint density at radius 3 is 2.39 bits per heavy atom. The van der Waals surface area contributed by atoms with Crippen LogP contribution in [-0.4, -0.2) is 41.8 Å². The summed E-state index contributed by atoms with van der Waals surface area (Å²) in [7, 11) is 0. The zero-order chi connectivity index (χ0) is 13.1. The van der Waals surface area contributed by atoms with Gasteiger partial charge in [-0.1, -0.05) is 23.7 Å². The number of β-amino-alcohol motifs (C(OH)–C–C–N with tert-alkyl or cyclic N) is 1. The van der Waals surface area contributed by atoms with Crippen LogP contribution in [0.4, 0.5) is 0 Å². The van der Waals surface area contributed by atoms with Gasteiger partial charge in [0.25, 0.3) is 0 Å². The summed E-state index contributed by atoms with van der Waals surface area (Å²) in [5.41, 5.74) is 0.908. The zero-order valence-corrected chi connectivity index (χ0v) is 11.6. The van der Waals surface area contributed by atoms with E-state index in [1.165, 1.54) is 0 Å². The van der Waals surface area contributed by atoms with E-state index in [2.05, 4.69) is 18.7 Å². The second kappa shape index (κ2) is 6.02. The fraction of sp³-hybridized carbons (Fsp3) is 0.571. The number of aliphatic hydroxyl groups is 1. The van der Waals surface area contributed by atoms with Crippen molar-refractivity contribution in [2.75, 3.05) is 19.8 Å². The first kappa shape index (κ1) is 13.8. The number of aliphatic hydroxyl groups excluding tert-OH is 1. The van der Waals surface area contributed by atoms with E-state index in [0.29, 0.717) is 23.7 Å². The Bertz CT molecular complexity index is 372. The fourth-order valence-corrected chi connectivity index (χ4v) is 2.51. The number of rotatable bonds is 3. The molecule has 1 heterocycles. The number of nitrogens with zero attached hydrogens (tertiary/aromatic N) is 1. The third-order valence-electron chi connectivity index (χ3n) is 3.49. The van der Waals surface area contributed by atoms with Crippen molar-refractivity contribution in [2.45, 2.75) is 32.0 Å². The average molecular weight is 270 g/mol. The van der Waals surface area contributed by atoms with Crippen LogP contribution in [0.2, 0.25) is 5.02 Å². The maximum absolute atomic E-state index is 10.3. The van der Waals surface area contributed by atoms with Gasteiger partial charge in [0.15, 0.2) is 0 Å². The molecule has 0 saturated carbocycles. The van der Waals surface area contributed by atoms with Crippen LogP contribution in [0.3, 0.4) is 0 Å². The Morgan fingerprint density at radius 1 is 1.28 bits per heavy atom. The van der Waals surface area contributed by atoms with E-state index in [9.17, 15) is 5.11 Å². The third kappa shape index (κ3) is 3.23. The summed E-state index contributed by atoms with van der Waals surface area (Å²) in [5, 5.41) is 11.0. The molecular formula is C14H20ClNO2. The van der Waals surface area contributed by atoms with Gasteiger partial charge in [0.1, 0.15) is 0 Å². The number of hydrogen-bond donors (Lipinski definition) is 1. The summed E-state index contributed by atoms with van der Waals surface area (Å²) in [4.78, 5) is 2.29. The van der Waals surface area contributed by atoms with Crippen molar-refractivity contribution in [2.24, 2.45) is 0 Å². The summed E-state index contributed by atoms with van der Waals surface area (Å²) in [6.45, 7) is 6.36. The molecule has 1 aromatic carbocycles. The molecule has 1 saturated heterocycles. The second-order valence-electron chi connectivity index (χ2n) is 5.00. The molecule has 0 radical (unpaired) electrons. The molecule has 4 heteroatoms. The maximum Gasteiger partial charge on any atom is 0.0917 e. The molecule has 3 unspecified atom stereocenters. The molecule has 100 valence electrons. The van der Waals surface area contributed by atoms with Crippen LogP contribution in [0.25, 0.3) is 0 Å². The van der Waals surface area contributed by atoms with Crippen molar-refractivity contribution >= 4 is 11.6 Å². The van der Waals surface area contributed by atoms with Crippen LogP contribution < -0.4 is 0 Å². The van der Waals surface area contributed by atoms with Gasteiger partial charge >= 0.3 is 0 Å². The zero-order valence-electron chi connectivity index (χ0n) is 10.8. The van der Waals surface area contributed by atoms with Crippen LogP contribution in [-0.2, 0) is 4.74 Å². The van der Waals surface area contributed by atoms with E-state index in [-0.39, 0.29) is 0 Å². The summed E-state index contributed by atoms with van der Waals surface area (Å²) in [6.07, 6.45) is -0.481. The van der Waals surface area contributed by atoms with Gasteiger partial charge in [0, 0.05) is 23.7 Å². The Morgan fingerprint density at radius 2 is 1.83 bits per heavy atom. The molecule has 18 heavy (non-hydrogen) atoms. The normalized spacial score (nSPS) is 27.1. The molecule has 0 spiro atoms. The van der Waals surface area contributed by atoms with Gasteiger partial charge < -0.3 is 9.84 Å². The minimum Gasteiger partial charge on any atom is -0.387 e. The molecular weight excluding hydrogens is 250 g/mol. The Kier molecular flexibility index (Phi) is 4.62. The lowest BCUT2D eigenvalue weighted by Crippen LogP contribution is -2.50. The molecule has 0 aromatic heterocycles. The van der Waals surface area contributed by atoms with Crippen molar-refractivity contribution in [3.63, 3.8) is 0 Å². The van der Waals surface area contributed by atoms with E-state index >= 15 is 0 Å². The Hall–Kier alpha value is -0.610. The second-order valence-corrected chi connectivity index (χ2v) is 5.44. The van der Waals surface area contributed by atoms with Crippen LogP contribution in [0.5, 0.6) is 0 Å². The highest BCUT2D eigenvalue weighted by Crippen LogP contribution is 2.21. The fourth-order valence-electron chi connectivity index (χ4n) is 2.38. The number of benzene rings is 1. The largest absolute Gasteiger partial charge is 0.387 e. The van der Waals surface area contributed by atoms with Gasteiger partial charge in [-0.25, -0.2) is 0 Å². The minimum absolute atomic E-state index is 0.343. The highest BCUT2D eigenvalue weighted by Gasteiger charge is 2.27. The summed E-state index contributed by atoms with van der Waals surface area (Å²) in [6, 6.07) is 8.07. The lowest BCUT2D eigenvalue weighted by Gasteiger charge is -2.39. The van der Waals surface area contributed by atoms with E-state index in [1.54, 1.807) is 0 Å². The van der Waals surface area contributed by atoms with Crippen molar-refractivity contribution in [3.8, 4) is 0 Å². The van der Waals surface area contributed by atoms with Crippen LogP contribution in [0, 0.1) is 0 Å². The molecule has 0 bridgehead atoms. The van der Waals surface area contributed by atoms with Crippen molar-refractivity contribution in [1.82, 2.24) is 4.90 Å². The highest BCUT2D eigenvalue weighted by molar-refractivity contribution is 6.30. The summed E-state index contributed by atoms with van der Waals surface area (Å²) in [5.74, 6) is 0. The van der Waals surface area contributed by atoms with Gasteiger partial charge in [-0.2, -0.15) is 0 Å². The molecule has 0 amide bonds. The molecule has 3 atom stereocenters. The number of halogens is 1. The average Bonchev–Trinajstić information content (AvgIpc) is 2.34. The third-order valence-corrected chi connectivity index (χ3v) is 3.74.